The fourth-order valence-electron chi connectivity index (χ4n) is 3.79. The van der Waals surface area contributed by atoms with Gasteiger partial charge in [-0.3, -0.25) is 4.79 Å². The number of aromatic nitrogens is 2. The van der Waals surface area contributed by atoms with Gasteiger partial charge in [0.1, 0.15) is 11.5 Å². The highest BCUT2D eigenvalue weighted by Gasteiger charge is 2.41. The van der Waals surface area contributed by atoms with Gasteiger partial charge in [0.05, 0.1) is 25.6 Å². The number of rotatable bonds is 3. The Balaban J connectivity index is 1.34. The molecule has 1 aliphatic carbocycles. The van der Waals surface area contributed by atoms with Gasteiger partial charge in [0.15, 0.2) is 5.79 Å². The van der Waals surface area contributed by atoms with Crippen molar-refractivity contribution in [2.45, 2.75) is 50.4 Å². The molecule has 3 fully saturated rings. The number of amides is 1. The smallest absolute Gasteiger partial charge is 0.274 e. The van der Waals surface area contributed by atoms with E-state index in [0.717, 1.165) is 5.82 Å². The number of likely N-dealkylation sites (tertiary alicyclic amines) is 1. The Hall–Kier alpha value is -1.73. The second-order valence-corrected chi connectivity index (χ2v) is 6.81. The van der Waals surface area contributed by atoms with E-state index in [1.165, 1.54) is 25.7 Å². The first kappa shape index (κ1) is 15.8. The van der Waals surface area contributed by atoms with Crippen LogP contribution in [0.25, 0.3) is 0 Å². The van der Waals surface area contributed by atoms with Gasteiger partial charge < -0.3 is 19.7 Å². The number of nitrogens with one attached hydrogen (secondary N) is 1. The Morgan fingerprint density at radius 3 is 2.46 bits per heavy atom. The Kier molecular flexibility index (Phi) is 4.37. The lowest BCUT2D eigenvalue weighted by molar-refractivity contribution is -0.181. The van der Waals surface area contributed by atoms with Crippen LogP contribution in [0.2, 0.25) is 0 Å². The van der Waals surface area contributed by atoms with Crippen LogP contribution in [-0.4, -0.2) is 58.9 Å². The van der Waals surface area contributed by atoms with Crippen LogP contribution in [0, 0.1) is 0 Å². The van der Waals surface area contributed by atoms with Crippen LogP contribution in [0.3, 0.4) is 0 Å². The molecule has 0 bridgehead atoms. The van der Waals surface area contributed by atoms with E-state index in [9.17, 15) is 4.79 Å². The van der Waals surface area contributed by atoms with Crippen LogP contribution >= 0.6 is 0 Å². The van der Waals surface area contributed by atoms with Gasteiger partial charge in [-0.05, 0) is 12.8 Å². The van der Waals surface area contributed by atoms with E-state index in [2.05, 4.69) is 15.3 Å². The van der Waals surface area contributed by atoms with Gasteiger partial charge in [0.25, 0.3) is 5.91 Å². The fraction of sp³-hybridized carbons (Fsp3) is 0.706. The number of carbonyl (C=O) groups excluding carboxylic acids is 1. The highest BCUT2D eigenvalue weighted by atomic mass is 16.7. The third kappa shape index (κ3) is 3.23. The zero-order chi connectivity index (χ0) is 16.4. The minimum atomic E-state index is -0.461. The normalized spacial score (nSPS) is 23.8. The van der Waals surface area contributed by atoms with Crippen LogP contribution in [0.1, 0.15) is 49.0 Å². The molecule has 1 aromatic heterocycles. The van der Waals surface area contributed by atoms with E-state index in [-0.39, 0.29) is 5.91 Å². The number of piperidine rings is 1. The van der Waals surface area contributed by atoms with E-state index in [1.54, 1.807) is 12.4 Å². The first-order valence-corrected chi connectivity index (χ1v) is 8.90. The van der Waals surface area contributed by atoms with Gasteiger partial charge in [0.2, 0.25) is 0 Å². The van der Waals surface area contributed by atoms with Gasteiger partial charge in [-0.25, -0.2) is 9.97 Å². The summed E-state index contributed by atoms with van der Waals surface area (Å²) < 4.78 is 11.4. The quantitative estimate of drug-likeness (QED) is 0.910. The summed E-state index contributed by atoms with van der Waals surface area (Å²) in [4.78, 5) is 23.1. The van der Waals surface area contributed by atoms with Crippen LogP contribution in [0.15, 0.2) is 12.4 Å². The van der Waals surface area contributed by atoms with Crippen LogP contribution in [0.4, 0.5) is 5.82 Å². The lowest BCUT2D eigenvalue weighted by Gasteiger charge is -2.37. The highest BCUT2D eigenvalue weighted by Crippen LogP contribution is 2.31. The maximum Gasteiger partial charge on any atom is 0.274 e. The van der Waals surface area contributed by atoms with Crippen molar-refractivity contribution in [3.63, 3.8) is 0 Å². The van der Waals surface area contributed by atoms with E-state index < -0.39 is 5.79 Å². The fourth-order valence-corrected chi connectivity index (χ4v) is 3.79. The molecule has 2 aliphatic heterocycles. The number of hydrogen-bond acceptors (Lipinski definition) is 6. The average molecular weight is 332 g/mol. The number of nitrogens with zero attached hydrogens (tertiary/aromatic N) is 3. The number of ether oxygens (including phenoxy) is 2. The molecular formula is C17H24N4O3. The molecule has 7 heteroatoms. The summed E-state index contributed by atoms with van der Waals surface area (Å²) in [6, 6.07) is 0.491. The molecule has 1 aromatic rings. The summed E-state index contributed by atoms with van der Waals surface area (Å²) in [6.07, 6.45) is 9.58. The van der Waals surface area contributed by atoms with E-state index in [1.807, 2.05) is 4.90 Å². The SMILES string of the molecule is O=C(c1cnc(NC2CCCC2)cn1)N1CCC2(CC1)OCCO2. The van der Waals surface area contributed by atoms with Gasteiger partial charge >= 0.3 is 0 Å². The zero-order valence-electron chi connectivity index (χ0n) is 13.9. The largest absolute Gasteiger partial charge is 0.366 e. The topological polar surface area (TPSA) is 76.6 Å². The predicted molar refractivity (Wildman–Crippen MR) is 87.7 cm³/mol. The standard InChI is InChI=1S/C17H24N4O3/c22-16(21-7-5-17(6-8-21)23-9-10-24-17)14-11-19-15(12-18-14)20-13-3-1-2-4-13/h11-13H,1-10H2,(H,19,20). The Morgan fingerprint density at radius 1 is 1.12 bits per heavy atom. The number of carbonyl (C=O) groups is 1. The van der Waals surface area contributed by atoms with Crippen molar-refractivity contribution in [1.82, 2.24) is 14.9 Å². The molecule has 0 atom stereocenters. The molecule has 7 nitrogen and oxygen atoms in total. The third-order valence-corrected chi connectivity index (χ3v) is 5.20. The zero-order valence-corrected chi connectivity index (χ0v) is 13.9. The maximum absolute atomic E-state index is 12.6. The maximum atomic E-state index is 12.6. The molecule has 3 heterocycles. The predicted octanol–water partition coefficient (Wildman–Crippen LogP) is 1.81. The Bertz CT molecular complexity index is 570. The summed E-state index contributed by atoms with van der Waals surface area (Å²) >= 11 is 0. The van der Waals surface area contributed by atoms with E-state index >= 15 is 0 Å². The molecular weight excluding hydrogens is 308 g/mol. The minimum Gasteiger partial charge on any atom is -0.366 e. The van der Waals surface area contributed by atoms with Crippen molar-refractivity contribution in [1.29, 1.82) is 0 Å². The van der Waals surface area contributed by atoms with Crippen molar-refractivity contribution in [3.05, 3.63) is 18.1 Å². The molecule has 2 saturated heterocycles. The van der Waals surface area contributed by atoms with Crippen LogP contribution < -0.4 is 5.32 Å². The molecule has 24 heavy (non-hydrogen) atoms. The molecule has 3 aliphatic rings. The van der Waals surface area contributed by atoms with E-state index in [4.69, 9.17) is 9.47 Å². The first-order chi connectivity index (χ1) is 11.7. The number of anilines is 1. The van der Waals surface area contributed by atoms with Gasteiger partial charge in [-0.15, -0.1) is 0 Å². The highest BCUT2D eigenvalue weighted by molar-refractivity contribution is 5.92. The summed E-state index contributed by atoms with van der Waals surface area (Å²) in [6.45, 7) is 2.55. The van der Waals surface area contributed by atoms with Gasteiger partial charge in [-0.1, -0.05) is 12.8 Å². The van der Waals surface area contributed by atoms with Crippen molar-refractivity contribution in [3.8, 4) is 0 Å². The van der Waals surface area contributed by atoms with Crippen LogP contribution in [0.5, 0.6) is 0 Å². The Morgan fingerprint density at radius 2 is 1.83 bits per heavy atom. The summed E-state index contributed by atoms with van der Waals surface area (Å²) in [5.41, 5.74) is 0.399. The summed E-state index contributed by atoms with van der Waals surface area (Å²) in [7, 11) is 0. The van der Waals surface area contributed by atoms with E-state index in [0.29, 0.717) is 50.9 Å². The average Bonchev–Trinajstić information content (AvgIpc) is 3.28. The van der Waals surface area contributed by atoms with Crippen molar-refractivity contribution in [2.75, 3.05) is 31.6 Å². The van der Waals surface area contributed by atoms with Gasteiger partial charge in [0, 0.05) is 32.0 Å². The summed E-state index contributed by atoms with van der Waals surface area (Å²) in [5, 5.41) is 3.39. The second-order valence-electron chi connectivity index (χ2n) is 6.81. The molecule has 4 rings (SSSR count). The molecule has 1 N–H and O–H groups in total. The molecule has 0 unspecified atom stereocenters. The molecule has 1 saturated carbocycles. The minimum absolute atomic E-state index is 0.0669. The van der Waals surface area contributed by atoms with Gasteiger partial charge in [-0.2, -0.15) is 0 Å². The molecule has 130 valence electrons. The van der Waals surface area contributed by atoms with Crippen molar-refractivity contribution < 1.29 is 14.3 Å². The molecule has 1 amide bonds. The van der Waals surface area contributed by atoms with Crippen molar-refractivity contribution >= 4 is 11.7 Å². The first-order valence-electron chi connectivity index (χ1n) is 8.90. The lowest BCUT2D eigenvalue weighted by Crippen LogP contribution is -2.47. The molecule has 0 radical (unpaired) electrons. The lowest BCUT2D eigenvalue weighted by atomic mass is 10.0. The van der Waals surface area contributed by atoms with Crippen molar-refractivity contribution in [2.24, 2.45) is 0 Å². The van der Waals surface area contributed by atoms with Crippen LogP contribution in [-0.2, 0) is 9.47 Å². The summed E-state index contributed by atoms with van der Waals surface area (Å²) in [5.74, 6) is 0.226. The second kappa shape index (κ2) is 6.64. The number of hydrogen-bond donors (Lipinski definition) is 1. The molecule has 1 spiro atoms. The third-order valence-electron chi connectivity index (χ3n) is 5.20. The molecule has 0 aromatic carbocycles. The monoisotopic (exact) mass is 332 g/mol. The Labute approximate surface area is 141 Å².